The third-order valence-electron chi connectivity index (χ3n) is 3.78. The fourth-order valence-electron chi connectivity index (χ4n) is 2.22. The van der Waals surface area contributed by atoms with Crippen molar-refractivity contribution in [1.82, 2.24) is 20.6 Å². The lowest BCUT2D eigenvalue weighted by Crippen LogP contribution is -2.41. The average Bonchev–Trinajstić information content (AvgIpc) is 3.18. The van der Waals surface area contributed by atoms with Crippen LogP contribution in [0.2, 0.25) is 5.02 Å². The lowest BCUT2D eigenvalue weighted by molar-refractivity contribution is -0.137. The van der Waals surface area contributed by atoms with Gasteiger partial charge in [0, 0.05) is 31.0 Å². The number of hydrazine groups is 1. The molecule has 0 atom stereocenters. The van der Waals surface area contributed by atoms with E-state index in [1.807, 2.05) is 4.83 Å². The van der Waals surface area contributed by atoms with Gasteiger partial charge in [-0.1, -0.05) is 11.6 Å². The van der Waals surface area contributed by atoms with Crippen molar-refractivity contribution < 1.29 is 31.2 Å². The van der Waals surface area contributed by atoms with Crippen molar-refractivity contribution in [3.8, 4) is 0 Å². The molecule has 2 amide bonds. The summed E-state index contributed by atoms with van der Waals surface area (Å²) in [6.07, 6.45) is -3.77. The van der Waals surface area contributed by atoms with E-state index in [0.29, 0.717) is 11.1 Å². The molecule has 15 heteroatoms. The van der Waals surface area contributed by atoms with E-state index in [2.05, 4.69) is 21.0 Å². The lowest BCUT2D eigenvalue weighted by atomic mass is 10.2. The van der Waals surface area contributed by atoms with Crippen molar-refractivity contribution in [1.29, 1.82) is 0 Å². The summed E-state index contributed by atoms with van der Waals surface area (Å²) in [5.41, 5.74) is 1.10. The molecule has 0 saturated carbocycles. The summed E-state index contributed by atoms with van der Waals surface area (Å²) in [6.45, 7) is 1.69. The highest BCUT2D eigenvalue weighted by Crippen LogP contribution is 2.32. The van der Waals surface area contributed by atoms with Gasteiger partial charge in [-0.25, -0.2) is 13.4 Å². The van der Waals surface area contributed by atoms with Gasteiger partial charge in [-0.15, -0.1) is 16.2 Å². The first-order chi connectivity index (χ1) is 14.9. The van der Waals surface area contributed by atoms with E-state index in [1.165, 1.54) is 13.0 Å². The summed E-state index contributed by atoms with van der Waals surface area (Å²) in [5.74, 6) is -0.829. The second kappa shape index (κ2) is 10.9. The summed E-state index contributed by atoms with van der Waals surface area (Å²) in [4.78, 5) is 29.0. The Bertz CT molecular complexity index is 1080. The molecule has 2 aromatic rings. The number of hydrogen-bond acceptors (Lipinski definition) is 7. The highest BCUT2D eigenvalue weighted by molar-refractivity contribution is 7.91. The Morgan fingerprint density at radius 2 is 1.97 bits per heavy atom. The predicted molar refractivity (Wildman–Crippen MR) is 112 cm³/mol. The van der Waals surface area contributed by atoms with Crippen molar-refractivity contribution in [3.63, 3.8) is 0 Å². The normalized spacial score (nSPS) is 11.8. The van der Waals surface area contributed by atoms with Gasteiger partial charge >= 0.3 is 6.18 Å². The van der Waals surface area contributed by atoms with Gasteiger partial charge in [0.15, 0.2) is 0 Å². The van der Waals surface area contributed by atoms with Crippen molar-refractivity contribution >= 4 is 50.6 Å². The zero-order valence-electron chi connectivity index (χ0n) is 16.5. The minimum atomic E-state index is -4.56. The monoisotopic (exact) mass is 513 g/mol. The van der Waals surface area contributed by atoms with Crippen LogP contribution < -0.4 is 20.9 Å². The first-order valence-corrected chi connectivity index (χ1v) is 11.7. The van der Waals surface area contributed by atoms with Crippen LogP contribution in [0.1, 0.15) is 30.2 Å². The van der Waals surface area contributed by atoms with Crippen molar-refractivity contribution in [2.24, 2.45) is 0 Å². The summed E-state index contributed by atoms with van der Waals surface area (Å²) in [5, 5.41) is 5.04. The average molecular weight is 514 g/mol. The van der Waals surface area contributed by atoms with Gasteiger partial charge in [-0.05, 0) is 24.6 Å². The zero-order valence-corrected chi connectivity index (χ0v) is 18.9. The van der Waals surface area contributed by atoms with Gasteiger partial charge in [0.1, 0.15) is 10.0 Å². The molecule has 0 spiro atoms. The number of halogens is 4. The van der Waals surface area contributed by atoms with E-state index in [4.69, 9.17) is 11.6 Å². The molecular weight excluding hydrogens is 495 g/mol. The number of nitrogens with one attached hydrogen (secondary N) is 4. The maximum absolute atomic E-state index is 12.6. The number of anilines is 1. The number of nitrogens with zero attached hydrogens (tertiary/aromatic N) is 1. The van der Waals surface area contributed by atoms with Crippen LogP contribution in [0, 0.1) is 0 Å². The van der Waals surface area contributed by atoms with E-state index in [1.54, 1.807) is 6.07 Å². The summed E-state index contributed by atoms with van der Waals surface area (Å²) in [7, 11) is -3.98. The maximum Gasteiger partial charge on any atom is 0.417 e. The molecule has 0 aliphatic rings. The van der Waals surface area contributed by atoms with Crippen LogP contribution in [0.5, 0.6) is 0 Å². The second-order valence-electron chi connectivity index (χ2n) is 6.37. The van der Waals surface area contributed by atoms with E-state index in [-0.39, 0.29) is 46.9 Å². The first-order valence-electron chi connectivity index (χ1n) is 8.99. The molecule has 4 N–H and O–H groups in total. The number of hydrogen-bond donors (Lipinski definition) is 4. The van der Waals surface area contributed by atoms with E-state index in [9.17, 15) is 31.2 Å². The Balaban J connectivity index is 1.76. The number of alkyl halides is 3. The van der Waals surface area contributed by atoms with Gasteiger partial charge in [0.2, 0.25) is 11.8 Å². The van der Waals surface area contributed by atoms with Crippen LogP contribution in [0.25, 0.3) is 0 Å². The number of carbonyl (C=O) groups is 2. The highest BCUT2D eigenvalue weighted by Gasteiger charge is 2.31. The van der Waals surface area contributed by atoms with Gasteiger partial charge < -0.3 is 10.6 Å². The Hall–Kier alpha value is -2.42. The number of amides is 2. The van der Waals surface area contributed by atoms with Crippen LogP contribution in [-0.4, -0.2) is 31.8 Å². The minimum Gasteiger partial charge on any atom is -0.369 e. The topological polar surface area (TPSA) is 129 Å². The third kappa shape index (κ3) is 7.93. The largest absolute Gasteiger partial charge is 0.417 e. The maximum atomic E-state index is 12.6. The Kier molecular flexibility index (Phi) is 8.83. The highest BCUT2D eigenvalue weighted by atomic mass is 35.5. The Morgan fingerprint density at radius 1 is 1.25 bits per heavy atom. The van der Waals surface area contributed by atoms with Gasteiger partial charge in [-0.2, -0.15) is 13.2 Å². The zero-order chi connectivity index (χ0) is 23.9. The molecule has 2 heterocycles. The third-order valence-corrected chi connectivity index (χ3v) is 6.89. The molecule has 0 fully saturated rings. The molecule has 2 aromatic heterocycles. The van der Waals surface area contributed by atoms with Crippen molar-refractivity contribution in [2.45, 2.75) is 36.7 Å². The van der Waals surface area contributed by atoms with Gasteiger partial charge in [0.25, 0.3) is 10.0 Å². The molecule has 32 heavy (non-hydrogen) atoms. The molecular formula is C17H19ClF3N5O4S2. The Labute approximate surface area is 190 Å². The molecule has 9 nitrogen and oxygen atoms in total. The van der Waals surface area contributed by atoms with Gasteiger partial charge in [-0.3, -0.25) is 15.0 Å². The quantitative estimate of drug-likeness (QED) is 0.285. The number of aromatic nitrogens is 1. The first kappa shape index (κ1) is 25.8. The lowest BCUT2D eigenvalue weighted by Gasteiger charge is -2.11. The molecule has 0 aliphatic carbocycles. The summed E-state index contributed by atoms with van der Waals surface area (Å²) in [6, 6.07) is 3.63. The molecule has 0 saturated heterocycles. The SMILES string of the molecule is CC(=O)NCc1ccc(S(=O)(=O)NNC(=O)CCCNc2ncc(C(F)(F)F)cc2Cl)s1. The van der Waals surface area contributed by atoms with Gasteiger partial charge in [0.05, 0.1) is 17.1 Å². The fourth-order valence-corrected chi connectivity index (χ4v) is 4.61. The van der Waals surface area contributed by atoms with Crippen LogP contribution in [-0.2, 0) is 32.3 Å². The fraction of sp³-hybridized carbons (Fsp3) is 0.353. The van der Waals surface area contributed by atoms with Crippen molar-refractivity contribution in [2.75, 3.05) is 11.9 Å². The smallest absolute Gasteiger partial charge is 0.369 e. The molecule has 0 aromatic carbocycles. The summed E-state index contributed by atoms with van der Waals surface area (Å²) < 4.78 is 62.2. The molecule has 0 unspecified atom stereocenters. The van der Waals surface area contributed by atoms with Crippen molar-refractivity contribution in [3.05, 3.63) is 39.9 Å². The standard InChI is InChI=1S/C17H19ClF3N5O4S2/c1-10(27)23-9-12-4-5-15(31-12)32(29,30)26-25-14(28)3-2-6-22-16-13(18)7-11(8-24-16)17(19,20)21/h4-5,7-8,26H,2-3,6,9H2,1H3,(H,22,24)(H,23,27)(H,25,28). The second-order valence-corrected chi connectivity index (χ2v) is 9.85. The summed E-state index contributed by atoms with van der Waals surface area (Å²) >= 11 is 6.71. The van der Waals surface area contributed by atoms with Crippen LogP contribution in [0.4, 0.5) is 19.0 Å². The number of carbonyl (C=O) groups excluding carboxylic acids is 2. The number of thiophene rings is 1. The number of rotatable bonds is 10. The molecule has 176 valence electrons. The van der Waals surface area contributed by atoms with Crippen LogP contribution in [0.15, 0.2) is 28.6 Å². The molecule has 0 aliphatic heterocycles. The Morgan fingerprint density at radius 3 is 2.59 bits per heavy atom. The molecule has 0 radical (unpaired) electrons. The number of sulfonamides is 1. The van der Waals surface area contributed by atoms with Crippen LogP contribution >= 0.6 is 22.9 Å². The van der Waals surface area contributed by atoms with E-state index < -0.39 is 27.7 Å². The predicted octanol–water partition coefficient (Wildman–Crippen LogP) is 2.65. The van der Waals surface area contributed by atoms with E-state index in [0.717, 1.165) is 17.4 Å². The molecule has 0 bridgehead atoms. The number of pyridine rings is 1. The van der Waals surface area contributed by atoms with E-state index >= 15 is 0 Å². The minimum absolute atomic E-state index is 0.0357. The molecule has 2 rings (SSSR count). The van der Waals surface area contributed by atoms with Crippen LogP contribution in [0.3, 0.4) is 0 Å².